The molecule has 0 bridgehead atoms. The van der Waals surface area contributed by atoms with Gasteiger partial charge in [-0.15, -0.1) is 0 Å². The first-order valence-corrected chi connectivity index (χ1v) is 9.81. The van der Waals surface area contributed by atoms with E-state index in [1.807, 2.05) is 38.6 Å². The van der Waals surface area contributed by atoms with E-state index in [1.165, 1.54) is 6.20 Å². The Kier molecular flexibility index (Phi) is 4.52. The summed E-state index contributed by atoms with van der Waals surface area (Å²) < 4.78 is 31.4. The Morgan fingerprint density at radius 3 is 2.67 bits per heavy atom. The molecule has 3 heterocycles. The summed E-state index contributed by atoms with van der Waals surface area (Å²) in [7, 11) is -1.55. The first-order valence-electron chi connectivity index (χ1n) is 8.37. The van der Waals surface area contributed by atoms with Crippen LogP contribution in [0.2, 0.25) is 0 Å². The number of aromatic nitrogens is 4. The van der Waals surface area contributed by atoms with E-state index in [0.717, 1.165) is 24.4 Å². The maximum Gasteiger partial charge on any atom is 0.246 e. The Labute approximate surface area is 143 Å². The normalized spacial score (nSPS) is 19.8. The number of sulfonamides is 1. The van der Waals surface area contributed by atoms with E-state index < -0.39 is 10.0 Å². The minimum absolute atomic E-state index is 0.133. The molecule has 0 amide bonds. The second-order valence-corrected chi connectivity index (χ2v) is 8.37. The predicted molar refractivity (Wildman–Crippen MR) is 91.3 cm³/mol. The van der Waals surface area contributed by atoms with Crippen LogP contribution in [0.15, 0.2) is 17.3 Å². The van der Waals surface area contributed by atoms with E-state index in [1.54, 1.807) is 8.99 Å². The van der Waals surface area contributed by atoms with Gasteiger partial charge in [0, 0.05) is 38.8 Å². The fraction of sp³-hybridized carbons (Fsp3) is 0.625. The zero-order valence-corrected chi connectivity index (χ0v) is 15.5. The molecule has 8 heteroatoms. The molecule has 0 radical (unpaired) electrons. The zero-order valence-electron chi connectivity index (χ0n) is 14.7. The molecule has 1 aliphatic heterocycles. The summed E-state index contributed by atoms with van der Waals surface area (Å²) in [5, 5.41) is 4.18. The summed E-state index contributed by atoms with van der Waals surface area (Å²) in [6, 6.07) is 0. The van der Waals surface area contributed by atoms with Gasteiger partial charge in [-0.2, -0.15) is 9.40 Å². The van der Waals surface area contributed by atoms with Gasteiger partial charge in [-0.3, -0.25) is 4.68 Å². The van der Waals surface area contributed by atoms with Crippen molar-refractivity contribution in [3.63, 3.8) is 0 Å². The van der Waals surface area contributed by atoms with Gasteiger partial charge in [0.1, 0.15) is 10.7 Å². The van der Waals surface area contributed by atoms with Gasteiger partial charge in [0.2, 0.25) is 10.0 Å². The summed E-state index contributed by atoms with van der Waals surface area (Å²) in [4.78, 5) is 4.90. The summed E-state index contributed by atoms with van der Waals surface area (Å²) in [5.41, 5.74) is 1.67. The number of rotatable bonds is 4. The second kappa shape index (κ2) is 6.33. The molecular formula is C16H25N5O2S. The van der Waals surface area contributed by atoms with Gasteiger partial charge in [-0.1, -0.05) is 0 Å². The highest BCUT2D eigenvalue weighted by atomic mass is 32.2. The first kappa shape index (κ1) is 17.2. The maximum atomic E-state index is 13.0. The summed E-state index contributed by atoms with van der Waals surface area (Å²) in [5.74, 6) is 1.10. The van der Waals surface area contributed by atoms with Crippen molar-refractivity contribution in [3.05, 3.63) is 29.6 Å². The van der Waals surface area contributed by atoms with Crippen molar-refractivity contribution in [3.8, 4) is 0 Å². The third kappa shape index (κ3) is 2.88. The Hall–Kier alpha value is -1.67. The molecule has 2 aromatic heterocycles. The van der Waals surface area contributed by atoms with Crippen molar-refractivity contribution < 1.29 is 8.42 Å². The molecule has 0 unspecified atom stereocenters. The highest BCUT2D eigenvalue weighted by Gasteiger charge is 2.34. The summed E-state index contributed by atoms with van der Waals surface area (Å²) in [6.07, 6.45) is 5.27. The summed E-state index contributed by atoms with van der Waals surface area (Å²) >= 11 is 0. The minimum Gasteiger partial charge on any atom is -0.337 e. The number of hydrogen-bond acceptors (Lipinski definition) is 4. The van der Waals surface area contributed by atoms with Crippen LogP contribution in [0.4, 0.5) is 0 Å². The number of piperidine rings is 1. The maximum absolute atomic E-state index is 13.0. The van der Waals surface area contributed by atoms with E-state index in [2.05, 4.69) is 10.1 Å². The fourth-order valence-electron chi connectivity index (χ4n) is 3.53. The standard InChI is InChI=1S/C16H25N5O2S/c1-5-21-13(3)15(9-17-21)24(22,23)20-8-6-7-14(11-20)16-18-12(2)10-19(16)4/h9-10,14H,5-8,11H2,1-4H3/t14-/m1/s1. The lowest BCUT2D eigenvalue weighted by molar-refractivity contribution is 0.306. The topological polar surface area (TPSA) is 73.0 Å². The molecule has 3 rings (SSSR count). The van der Waals surface area contributed by atoms with Gasteiger partial charge >= 0.3 is 0 Å². The summed E-state index contributed by atoms with van der Waals surface area (Å²) in [6.45, 7) is 7.42. The van der Waals surface area contributed by atoms with Crippen LogP contribution < -0.4 is 0 Å². The van der Waals surface area contributed by atoms with E-state index in [9.17, 15) is 8.42 Å². The monoisotopic (exact) mass is 351 g/mol. The molecule has 0 aromatic carbocycles. The lowest BCUT2D eigenvalue weighted by atomic mass is 9.99. The lowest BCUT2D eigenvalue weighted by Gasteiger charge is -2.31. The molecular weight excluding hydrogens is 326 g/mol. The highest BCUT2D eigenvalue weighted by Crippen LogP contribution is 2.30. The zero-order chi connectivity index (χ0) is 17.5. The molecule has 1 aliphatic rings. The number of aryl methyl sites for hydroxylation is 3. The van der Waals surface area contributed by atoms with Crippen LogP contribution in [0.25, 0.3) is 0 Å². The molecule has 0 aliphatic carbocycles. The van der Waals surface area contributed by atoms with E-state index in [4.69, 9.17) is 0 Å². The minimum atomic E-state index is -3.52. The molecule has 7 nitrogen and oxygen atoms in total. The molecule has 0 saturated carbocycles. The molecule has 1 saturated heterocycles. The van der Waals surface area contributed by atoms with E-state index in [-0.39, 0.29) is 5.92 Å². The molecule has 1 fully saturated rings. The Morgan fingerprint density at radius 2 is 2.08 bits per heavy atom. The van der Waals surface area contributed by atoms with Crippen LogP contribution in [0.5, 0.6) is 0 Å². The van der Waals surface area contributed by atoms with Crippen LogP contribution in [0.3, 0.4) is 0 Å². The van der Waals surface area contributed by atoms with Gasteiger partial charge in [0.25, 0.3) is 0 Å². The number of imidazole rings is 1. The van der Waals surface area contributed by atoms with Gasteiger partial charge in [0.15, 0.2) is 0 Å². The van der Waals surface area contributed by atoms with Crippen molar-refractivity contribution in [2.75, 3.05) is 13.1 Å². The predicted octanol–water partition coefficient (Wildman–Crippen LogP) is 1.82. The van der Waals surface area contributed by atoms with Crippen molar-refractivity contribution in [2.24, 2.45) is 7.05 Å². The SMILES string of the molecule is CCn1ncc(S(=O)(=O)N2CCC[C@@H](c3nc(C)cn3C)C2)c1C. The van der Waals surface area contributed by atoms with Gasteiger partial charge in [-0.05, 0) is 33.6 Å². The molecule has 132 valence electrons. The Bertz CT molecular complexity index is 837. The lowest BCUT2D eigenvalue weighted by Crippen LogP contribution is -2.39. The Balaban J connectivity index is 1.88. The molecule has 2 aromatic rings. The van der Waals surface area contributed by atoms with Crippen LogP contribution in [-0.2, 0) is 23.6 Å². The molecule has 24 heavy (non-hydrogen) atoms. The largest absolute Gasteiger partial charge is 0.337 e. The quantitative estimate of drug-likeness (QED) is 0.842. The average Bonchev–Trinajstić information content (AvgIpc) is 3.09. The van der Waals surface area contributed by atoms with Gasteiger partial charge < -0.3 is 4.57 Å². The van der Waals surface area contributed by atoms with Gasteiger partial charge in [-0.25, -0.2) is 13.4 Å². The van der Waals surface area contributed by atoms with Crippen LogP contribution in [0, 0.1) is 13.8 Å². The van der Waals surface area contributed by atoms with Gasteiger partial charge in [0.05, 0.1) is 17.6 Å². The van der Waals surface area contributed by atoms with Crippen molar-refractivity contribution in [1.82, 2.24) is 23.6 Å². The van der Waals surface area contributed by atoms with Crippen molar-refractivity contribution in [2.45, 2.75) is 51.0 Å². The van der Waals surface area contributed by atoms with E-state index >= 15 is 0 Å². The first-order chi connectivity index (χ1) is 11.3. The van der Waals surface area contributed by atoms with Crippen molar-refractivity contribution in [1.29, 1.82) is 0 Å². The van der Waals surface area contributed by atoms with Crippen LogP contribution in [-0.4, -0.2) is 45.1 Å². The second-order valence-electron chi connectivity index (χ2n) is 6.46. The van der Waals surface area contributed by atoms with Crippen molar-refractivity contribution >= 4 is 10.0 Å². The number of nitrogens with zero attached hydrogens (tertiary/aromatic N) is 5. The fourth-order valence-corrected chi connectivity index (χ4v) is 5.21. The van der Waals surface area contributed by atoms with E-state index in [0.29, 0.717) is 30.2 Å². The smallest absolute Gasteiger partial charge is 0.246 e. The van der Waals surface area contributed by atoms with Crippen LogP contribution >= 0.6 is 0 Å². The van der Waals surface area contributed by atoms with Crippen LogP contribution in [0.1, 0.15) is 42.9 Å². The third-order valence-electron chi connectivity index (χ3n) is 4.76. The molecule has 0 N–H and O–H groups in total. The Morgan fingerprint density at radius 1 is 1.33 bits per heavy atom. The molecule has 1 atom stereocenters. The average molecular weight is 351 g/mol. The molecule has 0 spiro atoms. The third-order valence-corrected chi connectivity index (χ3v) is 6.73. The number of hydrogen-bond donors (Lipinski definition) is 0. The highest BCUT2D eigenvalue weighted by molar-refractivity contribution is 7.89.